The van der Waals surface area contributed by atoms with Gasteiger partial charge in [-0.1, -0.05) is 51.5 Å². The number of ketones is 1. The van der Waals surface area contributed by atoms with Crippen molar-refractivity contribution in [2.24, 2.45) is 17.8 Å². The lowest BCUT2D eigenvalue weighted by Crippen LogP contribution is -2.25. The van der Waals surface area contributed by atoms with E-state index in [-0.39, 0.29) is 11.7 Å². The molecule has 0 saturated heterocycles. The van der Waals surface area contributed by atoms with E-state index in [9.17, 15) is 14.7 Å². The Morgan fingerprint density at radius 3 is 2.19 bits per heavy atom. The minimum absolute atomic E-state index is 0.00587. The van der Waals surface area contributed by atoms with Crippen LogP contribution in [0.5, 0.6) is 0 Å². The van der Waals surface area contributed by atoms with Crippen LogP contribution < -0.4 is 0 Å². The van der Waals surface area contributed by atoms with E-state index in [2.05, 4.69) is 20.8 Å². The predicted molar refractivity (Wildman–Crippen MR) is 82.5 cm³/mol. The second-order valence-electron chi connectivity index (χ2n) is 6.44. The van der Waals surface area contributed by atoms with Gasteiger partial charge >= 0.3 is 5.97 Å². The zero-order valence-electron chi connectivity index (χ0n) is 13.0. The molecule has 3 atom stereocenters. The number of carbonyl (C=O) groups is 2. The average Bonchev–Trinajstić information content (AvgIpc) is 2.91. The number of Topliss-reactive ketones (excluding diaryl/α,β-unsaturated/α-hetero) is 1. The number of hydrogen-bond acceptors (Lipinski definition) is 2. The fourth-order valence-corrected chi connectivity index (χ4v) is 3.29. The highest BCUT2D eigenvalue weighted by atomic mass is 16.4. The van der Waals surface area contributed by atoms with Crippen LogP contribution in [0.25, 0.3) is 0 Å². The maximum Gasteiger partial charge on any atom is 0.307 e. The van der Waals surface area contributed by atoms with Crippen LogP contribution >= 0.6 is 0 Å². The third kappa shape index (κ3) is 3.34. The predicted octanol–water partition coefficient (Wildman–Crippen LogP) is 4.13. The van der Waals surface area contributed by atoms with Gasteiger partial charge in [0.15, 0.2) is 5.78 Å². The summed E-state index contributed by atoms with van der Waals surface area (Å²) >= 11 is 0. The lowest BCUT2D eigenvalue weighted by atomic mass is 9.87. The summed E-state index contributed by atoms with van der Waals surface area (Å²) in [6, 6.07) is 7.63. The van der Waals surface area contributed by atoms with E-state index < -0.39 is 11.9 Å². The fraction of sp³-hybridized carbons (Fsp3) is 0.556. The Balaban J connectivity index is 2.19. The number of benzene rings is 1. The third-order valence-corrected chi connectivity index (χ3v) is 4.75. The van der Waals surface area contributed by atoms with E-state index in [1.54, 1.807) is 0 Å². The molecule has 3 unspecified atom stereocenters. The maximum absolute atomic E-state index is 12.6. The van der Waals surface area contributed by atoms with Crippen LogP contribution in [-0.4, -0.2) is 16.9 Å². The van der Waals surface area contributed by atoms with Crippen molar-refractivity contribution >= 4 is 11.8 Å². The molecule has 0 radical (unpaired) electrons. The van der Waals surface area contributed by atoms with Crippen LogP contribution in [0.4, 0.5) is 0 Å². The summed E-state index contributed by atoms with van der Waals surface area (Å²) in [7, 11) is 0. The zero-order valence-corrected chi connectivity index (χ0v) is 13.0. The van der Waals surface area contributed by atoms with Crippen molar-refractivity contribution in [3.8, 4) is 0 Å². The fourth-order valence-electron chi connectivity index (χ4n) is 3.29. The summed E-state index contributed by atoms with van der Waals surface area (Å²) in [5, 5.41) is 9.36. The topological polar surface area (TPSA) is 54.4 Å². The van der Waals surface area contributed by atoms with E-state index in [1.165, 1.54) is 5.56 Å². The van der Waals surface area contributed by atoms with Gasteiger partial charge in [0.1, 0.15) is 0 Å². The molecule has 0 spiro atoms. The summed E-state index contributed by atoms with van der Waals surface area (Å²) in [5.41, 5.74) is 1.84. The number of aliphatic carboxylic acids is 1. The van der Waals surface area contributed by atoms with Gasteiger partial charge in [-0.15, -0.1) is 0 Å². The van der Waals surface area contributed by atoms with Crippen LogP contribution in [-0.2, 0) is 4.79 Å². The molecule has 1 aliphatic carbocycles. The van der Waals surface area contributed by atoms with Gasteiger partial charge in [-0.05, 0) is 30.2 Å². The highest BCUT2D eigenvalue weighted by Crippen LogP contribution is 2.40. The van der Waals surface area contributed by atoms with Crippen LogP contribution in [0.3, 0.4) is 0 Å². The zero-order chi connectivity index (χ0) is 15.6. The smallest absolute Gasteiger partial charge is 0.307 e. The van der Waals surface area contributed by atoms with Gasteiger partial charge in [0.2, 0.25) is 0 Å². The van der Waals surface area contributed by atoms with E-state index in [0.29, 0.717) is 30.2 Å². The number of carboxylic acid groups (broad SMARTS) is 1. The molecule has 1 fully saturated rings. The Kier molecular flexibility index (Phi) is 4.81. The summed E-state index contributed by atoms with van der Waals surface area (Å²) in [6.07, 6.45) is 2.28. The second-order valence-corrected chi connectivity index (χ2v) is 6.44. The molecular weight excluding hydrogens is 264 g/mol. The normalized spacial score (nSPS) is 25.2. The van der Waals surface area contributed by atoms with E-state index in [4.69, 9.17) is 0 Å². The molecule has 1 aromatic rings. The van der Waals surface area contributed by atoms with Gasteiger partial charge < -0.3 is 5.11 Å². The molecule has 0 aliphatic heterocycles. The largest absolute Gasteiger partial charge is 0.481 e. The molecule has 0 heterocycles. The van der Waals surface area contributed by atoms with Crippen molar-refractivity contribution in [2.75, 3.05) is 0 Å². The molecule has 1 saturated carbocycles. The molecule has 21 heavy (non-hydrogen) atoms. The van der Waals surface area contributed by atoms with Crippen molar-refractivity contribution in [1.29, 1.82) is 0 Å². The van der Waals surface area contributed by atoms with Crippen LogP contribution in [0, 0.1) is 17.8 Å². The Bertz CT molecular complexity index is 516. The summed E-state index contributed by atoms with van der Waals surface area (Å²) in [5.74, 6) is -0.937. The SMILES string of the molecule is CCC1CC(C(=O)O)C(C(=O)c2ccc(C(C)C)cc2)C1. The van der Waals surface area contributed by atoms with Crippen molar-refractivity contribution in [2.45, 2.75) is 46.0 Å². The highest BCUT2D eigenvalue weighted by Gasteiger charge is 2.42. The molecule has 0 aromatic heterocycles. The first-order valence-electron chi connectivity index (χ1n) is 7.81. The molecule has 2 rings (SSSR count). The third-order valence-electron chi connectivity index (χ3n) is 4.75. The minimum atomic E-state index is -0.830. The molecule has 0 amide bonds. The van der Waals surface area contributed by atoms with Crippen LogP contribution in [0.2, 0.25) is 0 Å². The van der Waals surface area contributed by atoms with Gasteiger partial charge in [-0.25, -0.2) is 0 Å². The molecule has 114 valence electrons. The Hall–Kier alpha value is -1.64. The molecular formula is C18H24O3. The standard InChI is InChI=1S/C18H24O3/c1-4-12-9-15(16(10-12)18(20)21)17(19)14-7-5-13(6-8-14)11(2)3/h5-8,11-12,15-16H,4,9-10H2,1-3H3,(H,20,21). The van der Waals surface area contributed by atoms with Gasteiger partial charge in [-0.3, -0.25) is 9.59 Å². The number of carbonyl (C=O) groups excluding carboxylic acids is 1. The van der Waals surface area contributed by atoms with E-state index in [0.717, 1.165) is 6.42 Å². The van der Waals surface area contributed by atoms with Gasteiger partial charge in [-0.2, -0.15) is 0 Å². The molecule has 3 nitrogen and oxygen atoms in total. The number of rotatable bonds is 5. The summed E-state index contributed by atoms with van der Waals surface area (Å²) in [6.45, 7) is 6.29. The second kappa shape index (κ2) is 6.42. The monoisotopic (exact) mass is 288 g/mol. The van der Waals surface area contributed by atoms with Crippen molar-refractivity contribution in [3.63, 3.8) is 0 Å². The van der Waals surface area contributed by atoms with Gasteiger partial charge in [0, 0.05) is 11.5 Å². The first kappa shape index (κ1) is 15.7. The summed E-state index contributed by atoms with van der Waals surface area (Å²) < 4.78 is 0. The molecule has 0 bridgehead atoms. The lowest BCUT2D eigenvalue weighted by Gasteiger charge is -2.15. The van der Waals surface area contributed by atoms with E-state index >= 15 is 0 Å². The van der Waals surface area contributed by atoms with E-state index in [1.807, 2.05) is 24.3 Å². The molecule has 1 aromatic carbocycles. The lowest BCUT2D eigenvalue weighted by molar-refractivity contribution is -0.142. The molecule has 1 N–H and O–H groups in total. The van der Waals surface area contributed by atoms with Crippen molar-refractivity contribution in [3.05, 3.63) is 35.4 Å². The summed E-state index contributed by atoms with van der Waals surface area (Å²) in [4.78, 5) is 24.0. The average molecular weight is 288 g/mol. The first-order valence-corrected chi connectivity index (χ1v) is 7.81. The van der Waals surface area contributed by atoms with Crippen LogP contribution in [0.1, 0.15) is 61.9 Å². The Morgan fingerprint density at radius 2 is 1.71 bits per heavy atom. The maximum atomic E-state index is 12.6. The van der Waals surface area contributed by atoms with Gasteiger partial charge in [0.05, 0.1) is 5.92 Å². The van der Waals surface area contributed by atoms with Crippen LogP contribution in [0.15, 0.2) is 24.3 Å². The Morgan fingerprint density at radius 1 is 1.14 bits per heavy atom. The van der Waals surface area contributed by atoms with Gasteiger partial charge in [0.25, 0.3) is 0 Å². The number of carboxylic acids is 1. The minimum Gasteiger partial charge on any atom is -0.481 e. The van der Waals surface area contributed by atoms with Crippen molar-refractivity contribution in [1.82, 2.24) is 0 Å². The Labute approximate surface area is 126 Å². The molecule has 3 heteroatoms. The molecule has 1 aliphatic rings. The highest BCUT2D eigenvalue weighted by molar-refractivity contribution is 6.00. The quantitative estimate of drug-likeness (QED) is 0.829. The first-order chi connectivity index (χ1) is 9.93. The van der Waals surface area contributed by atoms with Crippen molar-refractivity contribution < 1.29 is 14.7 Å². The number of hydrogen-bond donors (Lipinski definition) is 1.